The number of fused-ring (bicyclic) bond motifs is 1. The van der Waals surface area contributed by atoms with E-state index in [1.807, 2.05) is 0 Å². The van der Waals surface area contributed by atoms with Crippen LogP contribution in [0.1, 0.15) is 70.9 Å². The van der Waals surface area contributed by atoms with Gasteiger partial charge in [0.1, 0.15) is 5.75 Å². The Morgan fingerprint density at radius 3 is 2.47 bits per heavy atom. The Balaban J connectivity index is 1.77. The maximum Gasteiger partial charge on any atom is 0.409 e. The summed E-state index contributed by atoms with van der Waals surface area (Å²) in [5.41, 5.74) is 1.67. The quantitative estimate of drug-likeness (QED) is 0.417. The van der Waals surface area contributed by atoms with Crippen molar-refractivity contribution in [3.8, 4) is 5.75 Å². The van der Waals surface area contributed by atoms with Crippen LogP contribution < -0.4 is 10.2 Å². The number of rotatable bonds is 10. The Labute approximate surface area is 188 Å². The topological polar surface area (TPSA) is 41.6 Å². The molecule has 1 aliphatic rings. The maximum absolute atomic E-state index is 14.1. The van der Waals surface area contributed by atoms with E-state index >= 15 is 0 Å². The van der Waals surface area contributed by atoms with E-state index in [-0.39, 0.29) is 12.1 Å². The van der Waals surface area contributed by atoms with E-state index in [9.17, 15) is 18.0 Å². The Morgan fingerprint density at radius 1 is 1.09 bits per heavy atom. The standard InChI is InChI=1S/C25H33F3N2O2/c1-4-5-6-7-8-9-15-32-19-13-14-20-18(16-19)11-10-12-21(20)22(25(26,27)28)30-17-24(2,3)23(31)29-30/h10-14,16,22H,4-9,15,17H2,1-3H3,(H,29,31). The van der Waals surface area contributed by atoms with E-state index < -0.39 is 23.5 Å². The van der Waals surface area contributed by atoms with Gasteiger partial charge in [0.15, 0.2) is 6.04 Å². The SMILES string of the molecule is CCCCCCCCOc1ccc2c(C(N3CC(C)(C)C(=O)N3)C(F)(F)F)cccc2c1. The highest BCUT2D eigenvalue weighted by Gasteiger charge is 2.51. The number of carbonyl (C=O) groups is 1. The van der Waals surface area contributed by atoms with Crippen molar-refractivity contribution in [3.63, 3.8) is 0 Å². The zero-order chi connectivity index (χ0) is 23.4. The molecule has 0 aliphatic carbocycles. The normalized spacial score (nSPS) is 17.5. The Bertz CT molecular complexity index is 927. The number of ether oxygens (including phenoxy) is 1. The molecule has 2 aromatic carbocycles. The number of benzene rings is 2. The predicted molar refractivity (Wildman–Crippen MR) is 120 cm³/mol. The lowest BCUT2D eigenvalue weighted by atomic mass is 9.93. The molecular formula is C25H33F3N2O2. The number of hydrogen-bond acceptors (Lipinski definition) is 3. The Kier molecular flexibility index (Phi) is 7.70. The molecule has 0 radical (unpaired) electrons. The molecule has 1 heterocycles. The molecule has 1 atom stereocenters. The van der Waals surface area contributed by atoms with Crippen LogP contribution in [0.5, 0.6) is 5.75 Å². The first-order valence-electron chi connectivity index (χ1n) is 11.4. The van der Waals surface area contributed by atoms with E-state index in [0.29, 0.717) is 23.1 Å². The number of hydrogen-bond donors (Lipinski definition) is 1. The minimum atomic E-state index is -4.55. The van der Waals surface area contributed by atoms with Crippen LogP contribution in [0, 0.1) is 5.41 Å². The lowest BCUT2D eigenvalue weighted by Gasteiger charge is -2.30. The summed E-state index contributed by atoms with van der Waals surface area (Å²) in [6.07, 6.45) is 2.43. The maximum atomic E-state index is 14.1. The smallest absolute Gasteiger partial charge is 0.409 e. The van der Waals surface area contributed by atoms with E-state index in [1.54, 1.807) is 44.2 Å². The average Bonchev–Trinajstić information content (AvgIpc) is 2.98. The van der Waals surface area contributed by atoms with Gasteiger partial charge >= 0.3 is 6.18 Å². The third kappa shape index (κ3) is 5.74. The Morgan fingerprint density at radius 2 is 1.81 bits per heavy atom. The number of nitrogens with zero attached hydrogens (tertiary/aromatic N) is 1. The zero-order valence-electron chi connectivity index (χ0n) is 19.1. The summed E-state index contributed by atoms with van der Waals surface area (Å²) in [6, 6.07) is 8.16. The summed E-state index contributed by atoms with van der Waals surface area (Å²) in [7, 11) is 0. The Hall–Kier alpha value is -2.28. The lowest BCUT2D eigenvalue weighted by Crippen LogP contribution is -2.43. The van der Waals surface area contributed by atoms with E-state index in [0.717, 1.165) is 17.9 Å². The molecule has 0 aromatic heterocycles. The van der Waals surface area contributed by atoms with Gasteiger partial charge in [-0.05, 0) is 48.7 Å². The summed E-state index contributed by atoms with van der Waals surface area (Å²) in [6.45, 7) is 6.05. The number of alkyl halides is 3. The van der Waals surface area contributed by atoms with Crippen LogP contribution in [0.2, 0.25) is 0 Å². The van der Waals surface area contributed by atoms with Crippen molar-refractivity contribution in [1.29, 1.82) is 0 Å². The number of halogens is 3. The van der Waals surface area contributed by atoms with Crippen LogP contribution in [-0.4, -0.2) is 30.2 Å². The number of hydrazine groups is 1. The van der Waals surface area contributed by atoms with Gasteiger partial charge in [-0.2, -0.15) is 13.2 Å². The van der Waals surface area contributed by atoms with Crippen molar-refractivity contribution in [2.75, 3.05) is 13.2 Å². The molecule has 1 saturated heterocycles. The zero-order valence-corrected chi connectivity index (χ0v) is 19.1. The average molecular weight is 451 g/mol. The van der Waals surface area contributed by atoms with Crippen LogP contribution >= 0.6 is 0 Å². The summed E-state index contributed by atoms with van der Waals surface area (Å²) < 4.78 is 48.3. The van der Waals surface area contributed by atoms with Gasteiger partial charge in [-0.25, -0.2) is 5.01 Å². The fraction of sp³-hybridized carbons (Fsp3) is 0.560. The molecule has 7 heteroatoms. The molecular weight excluding hydrogens is 417 g/mol. The highest BCUT2D eigenvalue weighted by Crippen LogP contribution is 2.43. The first-order valence-corrected chi connectivity index (χ1v) is 11.4. The van der Waals surface area contributed by atoms with Crippen LogP contribution in [0.4, 0.5) is 13.2 Å². The van der Waals surface area contributed by atoms with Gasteiger partial charge in [0, 0.05) is 6.54 Å². The van der Waals surface area contributed by atoms with Gasteiger partial charge in [0.05, 0.1) is 12.0 Å². The first-order chi connectivity index (χ1) is 15.1. The second-order valence-electron chi connectivity index (χ2n) is 9.24. The van der Waals surface area contributed by atoms with Gasteiger partial charge in [0.2, 0.25) is 5.91 Å². The highest BCUT2D eigenvalue weighted by molar-refractivity contribution is 5.88. The predicted octanol–water partition coefficient (Wildman–Crippen LogP) is 6.56. The van der Waals surface area contributed by atoms with Gasteiger partial charge in [-0.15, -0.1) is 0 Å². The van der Waals surface area contributed by atoms with Crippen molar-refractivity contribution in [2.24, 2.45) is 5.41 Å². The van der Waals surface area contributed by atoms with Gasteiger partial charge in [0.25, 0.3) is 0 Å². The van der Waals surface area contributed by atoms with Gasteiger partial charge in [-0.3, -0.25) is 10.2 Å². The van der Waals surface area contributed by atoms with Crippen LogP contribution in [0.25, 0.3) is 10.8 Å². The largest absolute Gasteiger partial charge is 0.494 e. The molecule has 4 nitrogen and oxygen atoms in total. The molecule has 0 spiro atoms. The molecule has 2 aromatic rings. The van der Waals surface area contributed by atoms with Gasteiger partial charge < -0.3 is 4.74 Å². The minimum Gasteiger partial charge on any atom is -0.494 e. The number of amides is 1. The third-order valence-corrected chi connectivity index (χ3v) is 5.99. The minimum absolute atomic E-state index is 0.0220. The van der Waals surface area contributed by atoms with E-state index in [1.165, 1.54) is 31.7 Å². The summed E-state index contributed by atoms with van der Waals surface area (Å²) in [4.78, 5) is 12.1. The van der Waals surface area contributed by atoms with E-state index in [4.69, 9.17) is 4.74 Å². The van der Waals surface area contributed by atoms with Crippen LogP contribution in [0.3, 0.4) is 0 Å². The first kappa shape index (κ1) is 24.4. The fourth-order valence-corrected chi connectivity index (χ4v) is 4.18. The molecule has 1 fully saturated rings. The van der Waals surface area contributed by atoms with E-state index in [2.05, 4.69) is 12.3 Å². The lowest BCUT2D eigenvalue weighted by molar-refractivity contribution is -0.191. The summed E-state index contributed by atoms with van der Waals surface area (Å²) in [5, 5.41) is 2.20. The molecule has 0 bridgehead atoms. The highest BCUT2D eigenvalue weighted by atomic mass is 19.4. The molecule has 32 heavy (non-hydrogen) atoms. The van der Waals surface area contributed by atoms with Crippen molar-refractivity contribution in [1.82, 2.24) is 10.4 Å². The molecule has 1 unspecified atom stereocenters. The molecule has 1 amide bonds. The monoisotopic (exact) mass is 450 g/mol. The van der Waals surface area contributed by atoms with Crippen molar-refractivity contribution in [3.05, 3.63) is 42.0 Å². The van der Waals surface area contributed by atoms with Gasteiger partial charge in [-0.1, -0.05) is 63.3 Å². The second-order valence-corrected chi connectivity index (χ2v) is 9.24. The molecule has 0 saturated carbocycles. The second kappa shape index (κ2) is 10.1. The van der Waals surface area contributed by atoms with Crippen molar-refractivity contribution < 1.29 is 22.7 Å². The fourth-order valence-electron chi connectivity index (χ4n) is 4.18. The van der Waals surface area contributed by atoms with Crippen molar-refractivity contribution in [2.45, 2.75) is 71.5 Å². The number of carbonyl (C=O) groups excluding carboxylic acids is 1. The van der Waals surface area contributed by atoms with Crippen LogP contribution in [-0.2, 0) is 4.79 Å². The number of nitrogens with one attached hydrogen (secondary N) is 1. The van der Waals surface area contributed by atoms with Crippen LogP contribution in [0.15, 0.2) is 36.4 Å². The molecule has 3 rings (SSSR count). The molecule has 176 valence electrons. The number of unbranched alkanes of at least 4 members (excludes halogenated alkanes) is 5. The third-order valence-electron chi connectivity index (χ3n) is 5.99. The van der Waals surface area contributed by atoms with Crippen molar-refractivity contribution >= 4 is 16.7 Å². The molecule has 1 N–H and O–H groups in total. The summed E-state index contributed by atoms with van der Waals surface area (Å²) in [5.74, 6) is 0.250. The summed E-state index contributed by atoms with van der Waals surface area (Å²) >= 11 is 0. The molecule has 1 aliphatic heterocycles.